The minimum absolute atomic E-state index is 0.00502. The number of alkyl halides is 2. The number of rotatable bonds is 8. The molecule has 7 nitrogen and oxygen atoms in total. The lowest BCUT2D eigenvalue weighted by atomic mass is 9.91. The number of benzene rings is 1. The number of amides is 1. The van der Waals surface area contributed by atoms with Crippen LogP contribution in [0.5, 0.6) is 0 Å². The number of carbonyl (C=O) groups is 2. The van der Waals surface area contributed by atoms with Crippen LogP contribution in [0.15, 0.2) is 60.3 Å². The highest BCUT2D eigenvalue weighted by Crippen LogP contribution is 2.40. The molecule has 1 aromatic carbocycles. The number of fused-ring (bicyclic) bond motifs is 1. The molecule has 1 saturated heterocycles. The topological polar surface area (TPSA) is 92.9 Å². The van der Waals surface area contributed by atoms with Gasteiger partial charge in [0.2, 0.25) is 5.91 Å². The minimum atomic E-state index is -3.08. The molecule has 1 aliphatic rings. The summed E-state index contributed by atoms with van der Waals surface area (Å²) in [5.41, 5.74) is 1.95. The molecule has 0 aliphatic carbocycles. The molecule has 0 bridgehead atoms. The van der Waals surface area contributed by atoms with Gasteiger partial charge >= 0.3 is 12.6 Å². The van der Waals surface area contributed by atoms with Crippen molar-refractivity contribution < 1.29 is 32.6 Å². The van der Waals surface area contributed by atoms with Gasteiger partial charge in [0.15, 0.2) is 11.5 Å². The standard InChI is InChI=1S/C24H20F2N2O5.C2H6/c1-13(21-18-10-27-8-7-19(18)33-22(21)14(2)32-24(25)26)16-9-20(29)28(12-16)11-15-5-3-4-6-17(15)23(30)31;1-2/h3-8,10,16,24H,1-2,9,11-12H2,(H,30,31);1-2H3. The lowest BCUT2D eigenvalue weighted by molar-refractivity contribution is -0.128. The molecule has 3 heterocycles. The maximum absolute atomic E-state index is 12.8. The lowest BCUT2D eigenvalue weighted by Crippen LogP contribution is -2.25. The summed E-state index contributed by atoms with van der Waals surface area (Å²) in [6.45, 7) is 9.01. The van der Waals surface area contributed by atoms with E-state index in [4.69, 9.17) is 4.42 Å². The molecule has 1 fully saturated rings. The van der Waals surface area contributed by atoms with E-state index in [2.05, 4.69) is 22.9 Å². The highest BCUT2D eigenvalue weighted by atomic mass is 19.3. The van der Waals surface area contributed by atoms with Crippen molar-refractivity contribution in [3.05, 3.63) is 78.3 Å². The molecule has 1 amide bonds. The summed E-state index contributed by atoms with van der Waals surface area (Å²) in [5.74, 6) is -1.94. The number of carboxylic acids is 1. The number of aromatic carboxylic acids is 1. The highest BCUT2D eigenvalue weighted by molar-refractivity contribution is 5.96. The van der Waals surface area contributed by atoms with Crippen molar-refractivity contribution in [2.75, 3.05) is 6.54 Å². The fourth-order valence-corrected chi connectivity index (χ4v) is 4.05. The summed E-state index contributed by atoms with van der Waals surface area (Å²) in [5, 5.41) is 9.95. The van der Waals surface area contributed by atoms with Gasteiger partial charge in [-0.25, -0.2) is 4.79 Å². The monoisotopic (exact) mass is 484 g/mol. The molecule has 0 radical (unpaired) electrons. The molecule has 1 unspecified atom stereocenters. The van der Waals surface area contributed by atoms with Crippen LogP contribution in [0.4, 0.5) is 8.78 Å². The number of hydrogen-bond acceptors (Lipinski definition) is 5. The Balaban J connectivity index is 0.00000167. The van der Waals surface area contributed by atoms with Crippen molar-refractivity contribution in [2.45, 2.75) is 33.4 Å². The average molecular weight is 484 g/mol. The number of carboxylic acid groups (broad SMARTS) is 1. The fraction of sp³-hybridized carbons (Fsp3) is 0.269. The van der Waals surface area contributed by atoms with E-state index in [0.29, 0.717) is 27.7 Å². The second-order valence-corrected chi connectivity index (χ2v) is 7.64. The zero-order valence-electron chi connectivity index (χ0n) is 19.5. The number of aromatic nitrogens is 1. The molecular weight excluding hydrogens is 458 g/mol. The van der Waals surface area contributed by atoms with E-state index in [0.717, 1.165) is 0 Å². The van der Waals surface area contributed by atoms with E-state index >= 15 is 0 Å². The van der Waals surface area contributed by atoms with Gasteiger partial charge in [-0.05, 0) is 23.3 Å². The van der Waals surface area contributed by atoms with Gasteiger partial charge in [-0.1, -0.05) is 45.2 Å². The van der Waals surface area contributed by atoms with Gasteiger partial charge < -0.3 is 19.2 Å². The molecule has 184 valence electrons. The third-order valence-corrected chi connectivity index (χ3v) is 5.61. The Labute approximate surface area is 201 Å². The minimum Gasteiger partial charge on any atom is -0.478 e. The highest BCUT2D eigenvalue weighted by Gasteiger charge is 2.35. The predicted octanol–water partition coefficient (Wildman–Crippen LogP) is 5.82. The van der Waals surface area contributed by atoms with Gasteiger partial charge in [0.25, 0.3) is 0 Å². The number of hydrogen-bond donors (Lipinski definition) is 1. The Hall–Kier alpha value is -4.01. The van der Waals surface area contributed by atoms with Crippen molar-refractivity contribution in [1.82, 2.24) is 9.88 Å². The number of nitrogens with zero attached hydrogens (tertiary/aromatic N) is 2. The second kappa shape index (κ2) is 10.9. The molecule has 4 rings (SSSR count). The van der Waals surface area contributed by atoms with Crippen LogP contribution in [0.1, 0.15) is 47.5 Å². The summed E-state index contributed by atoms with van der Waals surface area (Å²) < 4.78 is 35.8. The molecular formula is C26H26F2N2O5. The summed E-state index contributed by atoms with van der Waals surface area (Å²) in [7, 11) is 0. The number of furan rings is 1. The number of pyridine rings is 1. The maximum Gasteiger partial charge on any atom is 0.387 e. The molecule has 0 saturated carbocycles. The Morgan fingerprint density at radius 1 is 1.29 bits per heavy atom. The van der Waals surface area contributed by atoms with E-state index in [-0.39, 0.29) is 48.4 Å². The largest absolute Gasteiger partial charge is 0.478 e. The van der Waals surface area contributed by atoms with Gasteiger partial charge in [0.1, 0.15) is 5.58 Å². The number of halogens is 2. The third-order valence-electron chi connectivity index (χ3n) is 5.61. The van der Waals surface area contributed by atoms with Gasteiger partial charge in [0.05, 0.1) is 5.56 Å². The molecule has 1 N–H and O–H groups in total. The smallest absolute Gasteiger partial charge is 0.387 e. The van der Waals surface area contributed by atoms with Crippen LogP contribution in [0.3, 0.4) is 0 Å². The van der Waals surface area contributed by atoms with Gasteiger partial charge in [-0.15, -0.1) is 0 Å². The van der Waals surface area contributed by atoms with Crippen LogP contribution in [0, 0.1) is 5.92 Å². The van der Waals surface area contributed by atoms with Crippen molar-refractivity contribution >= 4 is 34.2 Å². The normalized spacial score (nSPS) is 15.2. The first-order valence-corrected chi connectivity index (χ1v) is 11.0. The van der Waals surface area contributed by atoms with Crippen molar-refractivity contribution in [1.29, 1.82) is 0 Å². The Kier molecular flexibility index (Phi) is 8.01. The lowest BCUT2D eigenvalue weighted by Gasteiger charge is -2.19. The van der Waals surface area contributed by atoms with E-state index in [9.17, 15) is 23.5 Å². The van der Waals surface area contributed by atoms with Crippen LogP contribution in [-0.2, 0) is 16.1 Å². The SMILES string of the molecule is C=C(OC(F)F)c1oc2ccncc2c1C(=C)C1CC(=O)N(Cc2ccccc2C(=O)O)C1.CC. The quantitative estimate of drug-likeness (QED) is 0.405. The van der Waals surface area contributed by atoms with Crippen LogP contribution in [0.2, 0.25) is 0 Å². The first-order valence-electron chi connectivity index (χ1n) is 11.0. The Morgan fingerprint density at radius 2 is 2.00 bits per heavy atom. The summed E-state index contributed by atoms with van der Waals surface area (Å²) in [6.07, 6.45) is 3.15. The predicted molar refractivity (Wildman–Crippen MR) is 127 cm³/mol. The Morgan fingerprint density at radius 3 is 2.69 bits per heavy atom. The fourth-order valence-electron chi connectivity index (χ4n) is 4.05. The number of carbonyl (C=O) groups excluding carboxylic acids is 1. The molecule has 0 spiro atoms. The first-order chi connectivity index (χ1) is 16.8. The number of likely N-dealkylation sites (tertiary alicyclic amines) is 1. The van der Waals surface area contributed by atoms with Gasteiger partial charge in [-0.2, -0.15) is 8.78 Å². The van der Waals surface area contributed by atoms with E-state index in [1.807, 2.05) is 13.8 Å². The molecule has 35 heavy (non-hydrogen) atoms. The van der Waals surface area contributed by atoms with Crippen molar-refractivity contribution in [3.8, 4) is 0 Å². The number of ether oxygens (including phenoxy) is 1. The molecule has 2 aromatic heterocycles. The first kappa shape index (κ1) is 25.6. The zero-order valence-corrected chi connectivity index (χ0v) is 19.5. The molecule has 3 aromatic rings. The van der Waals surface area contributed by atoms with Crippen molar-refractivity contribution in [3.63, 3.8) is 0 Å². The van der Waals surface area contributed by atoms with E-state index in [1.165, 1.54) is 18.5 Å². The van der Waals surface area contributed by atoms with E-state index < -0.39 is 12.6 Å². The second-order valence-electron chi connectivity index (χ2n) is 7.64. The summed E-state index contributed by atoms with van der Waals surface area (Å²) in [6, 6.07) is 8.07. The molecule has 1 atom stereocenters. The maximum atomic E-state index is 12.8. The summed E-state index contributed by atoms with van der Waals surface area (Å²) in [4.78, 5) is 29.9. The molecule has 1 aliphatic heterocycles. The van der Waals surface area contributed by atoms with Crippen LogP contribution in [0.25, 0.3) is 22.3 Å². The van der Waals surface area contributed by atoms with Crippen molar-refractivity contribution in [2.24, 2.45) is 5.92 Å². The van der Waals surface area contributed by atoms with Crippen LogP contribution in [-0.4, -0.2) is 40.0 Å². The molecule has 9 heteroatoms. The van der Waals surface area contributed by atoms with Crippen LogP contribution >= 0.6 is 0 Å². The van der Waals surface area contributed by atoms with Gasteiger partial charge in [0, 0.05) is 48.8 Å². The van der Waals surface area contributed by atoms with Gasteiger partial charge in [-0.3, -0.25) is 9.78 Å². The third kappa shape index (κ3) is 5.40. The average Bonchev–Trinajstić information content (AvgIpc) is 3.40. The Bertz CT molecular complexity index is 1270. The summed E-state index contributed by atoms with van der Waals surface area (Å²) >= 11 is 0. The zero-order chi connectivity index (χ0) is 25.7. The van der Waals surface area contributed by atoms with E-state index in [1.54, 1.807) is 29.2 Å². The van der Waals surface area contributed by atoms with Crippen LogP contribution < -0.4 is 0 Å².